The first-order valence-corrected chi connectivity index (χ1v) is 6.83. The molecule has 1 unspecified atom stereocenters. The van der Waals surface area contributed by atoms with Crippen LogP contribution < -0.4 is 11.1 Å². The second-order valence-electron chi connectivity index (χ2n) is 5.29. The number of benzene rings is 1. The Morgan fingerprint density at radius 1 is 1.47 bits per heavy atom. The molecular formula is C15H19N3O. The fourth-order valence-electron chi connectivity index (χ4n) is 2.92. The van der Waals surface area contributed by atoms with Gasteiger partial charge in [0.15, 0.2) is 0 Å². The summed E-state index contributed by atoms with van der Waals surface area (Å²) in [4.78, 5) is 13.8. The molecule has 1 aliphatic rings. The fraction of sp³-hybridized carbons (Fsp3) is 0.400. The van der Waals surface area contributed by atoms with E-state index in [1.165, 1.54) is 27.7 Å². The highest BCUT2D eigenvalue weighted by atomic mass is 16.1. The van der Waals surface area contributed by atoms with E-state index in [9.17, 15) is 4.79 Å². The Morgan fingerprint density at radius 2 is 2.37 bits per heavy atom. The average molecular weight is 257 g/mol. The Kier molecular flexibility index (Phi) is 3.25. The summed E-state index contributed by atoms with van der Waals surface area (Å²) in [6.07, 6.45) is 4.69. The van der Waals surface area contributed by atoms with E-state index in [1.807, 2.05) is 0 Å². The monoisotopic (exact) mass is 257 g/mol. The van der Waals surface area contributed by atoms with Crippen LogP contribution in [0.15, 0.2) is 18.2 Å². The van der Waals surface area contributed by atoms with Gasteiger partial charge in [-0.05, 0) is 48.9 Å². The maximum atomic E-state index is 10.3. The Bertz CT molecular complexity index is 603. The molecule has 3 rings (SSSR count). The van der Waals surface area contributed by atoms with E-state index in [1.54, 1.807) is 0 Å². The molecular weight excluding hydrogens is 238 g/mol. The maximum absolute atomic E-state index is 10.3. The number of H-pyrrole nitrogens is 1. The summed E-state index contributed by atoms with van der Waals surface area (Å²) < 4.78 is 0. The number of rotatable bonds is 4. The second-order valence-corrected chi connectivity index (χ2v) is 5.29. The van der Waals surface area contributed by atoms with Gasteiger partial charge in [0.2, 0.25) is 6.41 Å². The SMILES string of the molecule is NC1CCc2[nH]c3ccc(CCNC=O)cc3c2C1. The number of fused-ring (bicyclic) bond motifs is 3. The minimum absolute atomic E-state index is 0.284. The lowest BCUT2D eigenvalue weighted by Gasteiger charge is -2.18. The molecule has 1 atom stereocenters. The summed E-state index contributed by atoms with van der Waals surface area (Å²) in [5.74, 6) is 0. The number of aromatic nitrogens is 1. The van der Waals surface area contributed by atoms with Crippen molar-refractivity contribution in [2.24, 2.45) is 5.73 Å². The van der Waals surface area contributed by atoms with Crippen molar-refractivity contribution in [2.45, 2.75) is 31.7 Å². The minimum atomic E-state index is 0.284. The highest BCUT2D eigenvalue weighted by molar-refractivity contribution is 5.85. The van der Waals surface area contributed by atoms with Crippen LogP contribution in [0.1, 0.15) is 23.2 Å². The highest BCUT2D eigenvalue weighted by Gasteiger charge is 2.19. The van der Waals surface area contributed by atoms with Crippen LogP contribution in [-0.2, 0) is 24.1 Å². The first-order chi connectivity index (χ1) is 9.28. The quantitative estimate of drug-likeness (QED) is 0.570. The molecule has 4 N–H and O–H groups in total. The lowest BCUT2D eigenvalue weighted by molar-refractivity contribution is -0.109. The molecule has 4 nitrogen and oxygen atoms in total. The first kappa shape index (κ1) is 12.2. The van der Waals surface area contributed by atoms with Crippen molar-refractivity contribution in [3.05, 3.63) is 35.0 Å². The number of carbonyl (C=O) groups excluding carboxylic acids is 1. The van der Waals surface area contributed by atoms with Crippen LogP contribution >= 0.6 is 0 Å². The summed E-state index contributed by atoms with van der Waals surface area (Å²) in [5.41, 5.74) is 11.3. The number of carbonyl (C=O) groups is 1. The molecule has 0 bridgehead atoms. The largest absolute Gasteiger partial charge is 0.358 e. The molecule has 0 saturated heterocycles. The molecule has 0 spiro atoms. The maximum Gasteiger partial charge on any atom is 0.207 e. The summed E-state index contributed by atoms with van der Waals surface area (Å²) in [7, 11) is 0. The Morgan fingerprint density at radius 3 is 3.21 bits per heavy atom. The smallest absolute Gasteiger partial charge is 0.207 e. The number of aryl methyl sites for hydroxylation is 1. The van der Waals surface area contributed by atoms with Gasteiger partial charge in [0.25, 0.3) is 0 Å². The molecule has 19 heavy (non-hydrogen) atoms. The lowest BCUT2D eigenvalue weighted by Crippen LogP contribution is -2.27. The van der Waals surface area contributed by atoms with Gasteiger partial charge in [0.1, 0.15) is 0 Å². The Balaban J connectivity index is 1.93. The normalized spacial score (nSPS) is 18.3. The van der Waals surface area contributed by atoms with Crippen LogP contribution in [0.2, 0.25) is 0 Å². The zero-order valence-corrected chi connectivity index (χ0v) is 10.9. The number of nitrogens with two attached hydrogens (primary N) is 1. The van der Waals surface area contributed by atoms with Crippen LogP contribution in [0, 0.1) is 0 Å². The minimum Gasteiger partial charge on any atom is -0.358 e. The molecule has 0 aliphatic heterocycles. The van der Waals surface area contributed by atoms with E-state index in [4.69, 9.17) is 5.73 Å². The third-order valence-corrected chi connectivity index (χ3v) is 3.93. The van der Waals surface area contributed by atoms with Crippen LogP contribution in [0.5, 0.6) is 0 Å². The van der Waals surface area contributed by atoms with Crippen molar-refractivity contribution < 1.29 is 4.79 Å². The Labute approximate surface area is 112 Å². The third-order valence-electron chi connectivity index (χ3n) is 3.93. The fourth-order valence-corrected chi connectivity index (χ4v) is 2.92. The van der Waals surface area contributed by atoms with Gasteiger partial charge in [0, 0.05) is 29.2 Å². The number of hydrogen-bond donors (Lipinski definition) is 3. The first-order valence-electron chi connectivity index (χ1n) is 6.83. The molecule has 100 valence electrons. The van der Waals surface area contributed by atoms with E-state index in [-0.39, 0.29) is 6.04 Å². The number of hydrogen-bond acceptors (Lipinski definition) is 2. The lowest BCUT2D eigenvalue weighted by atomic mass is 9.91. The van der Waals surface area contributed by atoms with E-state index < -0.39 is 0 Å². The summed E-state index contributed by atoms with van der Waals surface area (Å²) >= 11 is 0. The van der Waals surface area contributed by atoms with Crippen molar-refractivity contribution in [1.82, 2.24) is 10.3 Å². The number of aromatic amines is 1. The van der Waals surface area contributed by atoms with Crippen LogP contribution in [-0.4, -0.2) is 24.0 Å². The number of amides is 1. The van der Waals surface area contributed by atoms with Crippen molar-refractivity contribution in [2.75, 3.05) is 6.54 Å². The zero-order valence-electron chi connectivity index (χ0n) is 10.9. The second kappa shape index (κ2) is 5.05. The van der Waals surface area contributed by atoms with Crippen molar-refractivity contribution in [3.8, 4) is 0 Å². The van der Waals surface area contributed by atoms with Gasteiger partial charge in [-0.3, -0.25) is 4.79 Å². The van der Waals surface area contributed by atoms with Gasteiger partial charge < -0.3 is 16.0 Å². The van der Waals surface area contributed by atoms with E-state index >= 15 is 0 Å². The molecule has 1 aromatic carbocycles. The highest BCUT2D eigenvalue weighted by Crippen LogP contribution is 2.29. The summed E-state index contributed by atoms with van der Waals surface area (Å²) in [6.45, 7) is 0.682. The van der Waals surface area contributed by atoms with Crippen LogP contribution in [0.4, 0.5) is 0 Å². The van der Waals surface area contributed by atoms with Gasteiger partial charge in [0.05, 0.1) is 0 Å². The van der Waals surface area contributed by atoms with Gasteiger partial charge in [-0.15, -0.1) is 0 Å². The molecule has 1 heterocycles. The van der Waals surface area contributed by atoms with E-state index in [0.717, 1.165) is 32.1 Å². The topological polar surface area (TPSA) is 70.9 Å². The predicted octanol–water partition coefficient (Wildman–Crippen LogP) is 1.27. The summed E-state index contributed by atoms with van der Waals surface area (Å²) in [6, 6.07) is 6.77. The van der Waals surface area contributed by atoms with Gasteiger partial charge in [-0.25, -0.2) is 0 Å². The van der Waals surface area contributed by atoms with Crippen LogP contribution in [0.3, 0.4) is 0 Å². The summed E-state index contributed by atoms with van der Waals surface area (Å²) in [5, 5.41) is 4.00. The predicted molar refractivity (Wildman–Crippen MR) is 76.1 cm³/mol. The van der Waals surface area contributed by atoms with Crippen molar-refractivity contribution in [3.63, 3.8) is 0 Å². The molecule has 1 amide bonds. The van der Waals surface area contributed by atoms with E-state index in [0.29, 0.717) is 6.54 Å². The van der Waals surface area contributed by atoms with Gasteiger partial charge in [-0.2, -0.15) is 0 Å². The number of nitrogens with one attached hydrogen (secondary N) is 2. The van der Waals surface area contributed by atoms with E-state index in [2.05, 4.69) is 28.5 Å². The van der Waals surface area contributed by atoms with Crippen LogP contribution in [0.25, 0.3) is 10.9 Å². The van der Waals surface area contributed by atoms with Gasteiger partial charge in [-0.1, -0.05) is 6.07 Å². The molecule has 4 heteroatoms. The molecule has 0 radical (unpaired) electrons. The molecule has 0 fully saturated rings. The Hall–Kier alpha value is -1.81. The van der Waals surface area contributed by atoms with Crippen molar-refractivity contribution in [1.29, 1.82) is 0 Å². The van der Waals surface area contributed by atoms with Crippen molar-refractivity contribution >= 4 is 17.3 Å². The molecule has 1 aromatic heterocycles. The molecule has 2 aromatic rings. The third kappa shape index (κ3) is 2.36. The zero-order chi connectivity index (χ0) is 13.2. The standard InChI is InChI=1S/C15H19N3O/c16-11-2-4-15-13(8-11)12-7-10(5-6-17-9-19)1-3-14(12)18-15/h1,3,7,9,11,18H,2,4-6,8,16H2,(H,17,19). The van der Waals surface area contributed by atoms with Gasteiger partial charge >= 0.3 is 0 Å². The molecule has 1 aliphatic carbocycles. The molecule has 0 saturated carbocycles. The average Bonchev–Trinajstić information content (AvgIpc) is 2.77.